The number of rotatable bonds is 8. The fourth-order valence-electron chi connectivity index (χ4n) is 3.28. The number of halogens is 1. The molecule has 1 N–H and O–H groups in total. The lowest BCUT2D eigenvalue weighted by atomic mass is 10.2. The quantitative estimate of drug-likeness (QED) is 0.278. The summed E-state index contributed by atoms with van der Waals surface area (Å²) in [6.07, 6.45) is 0. The molecule has 0 radical (unpaired) electrons. The number of anilines is 1. The normalized spacial score (nSPS) is 18.1. The second-order valence-electron chi connectivity index (χ2n) is 6.55. The van der Waals surface area contributed by atoms with E-state index in [9.17, 15) is 19.7 Å². The lowest BCUT2D eigenvalue weighted by molar-refractivity contribution is -0.384. The Morgan fingerprint density at radius 1 is 1.07 bits per heavy atom. The number of piperazine rings is 1. The Balaban J connectivity index is 1.64. The lowest BCUT2D eigenvalue weighted by Crippen LogP contribution is -2.48. The predicted octanol–water partition coefficient (Wildman–Crippen LogP) is 0.545. The Hall–Kier alpha value is -2.53. The second-order valence-corrected chi connectivity index (χ2v) is 6.92. The molecule has 1 saturated heterocycles. The Kier molecular flexibility index (Phi) is 6.80. The van der Waals surface area contributed by atoms with Crippen molar-refractivity contribution in [3.8, 4) is 0 Å². The van der Waals surface area contributed by atoms with Gasteiger partial charge in [-0.05, 0) is 12.1 Å². The fraction of sp³-hybridized carbons (Fsp3) is 0.444. The zero-order chi connectivity index (χ0) is 21.0. The number of nitro benzene ring substituents is 1. The minimum absolute atomic E-state index is 0.0121. The van der Waals surface area contributed by atoms with Gasteiger partial charge in [0, 0.05) is 44.9 Å². The average molecular weight is 425 g/mol. The number of hydrogen-bond acceptors (Lipinski definition) is 8. The van der Waals surface area contributed by atoms with E-state index in [4.69, 9.17) is 21.4 Å². The highest BCUT2D eigenvalue weighted by molar-refractivity contribution is 6.52. The van der Waals surface area contributed by atoms with E-state index in [1.165, 1.54) is 24.3 Å². The van der Waals surface area contributed by atoms with Gasteiger partial charge in [0.2, 0.25) is 0 Å². The summed E-state index contributed by atoms with van der Waals surface area (Å²) < 4.78 is 5.26. The number of nitro groups is 1. The third kappa shape index (κ3) is 4.56. The molecule has 11 heteroatoms. The minimum atomic E-state index is -0.639. The third-order valence-electron chi connectivity index (χ3n) is 4.80. The molecule has 0 aliphatic carbocycles. The molecule has 1 fully saturated rings. The summed E-state index contributed by atoms with van der Waals surface area (Å²) >= 11 is 6.20. The molecule has 3 rings (SSSR count). The SMILES string of the molecule is O=C1C(Cl)=C(N2CCN(CCOCCO)CC2)C(=O)N1c1ccc([N+](=O)[O-])cc1. The first-order valence-electron chi connectivity index (χ1n) is 9.13. The number of non-ortho nitro benzene ring substituents is 1. The van der Waals surface area contributed by atoms with Crippen molar-refractivity contribution in [3.63, 3.8) is 0 Å². The second kappa shape index (κ2) is 9.31. The molecule has 156 valence electrons. The molecule has 2 aliphatic rings. The number of aliphatic hydroxyl groups is 1. The van der Waals surface area contributed by atoms with Gasteiger partial charge in [-0.15, -0.1) is 0 Å². The number of amides is 2. The van der Waals surface area contributed by atoms with Crippen LogP contribution in [0.1, 0.15) is 0 Å². The summed E-state index contributed by atoms with van der Waals surface area (Å²) in [5.74, 6) is -1.17. The maximum absolute atomic E-state index is 12.9. The van der Waals surface area contributed by atoms with Gasteiger partial charge in [0.05, 0.1) is 30.4 Å². The maximum atomic E-state index is 12.9. The summed E-state index contributed by atoms with van der Waals surface area (Å²) in [5, 5.41) is 19.4. The van der Waals surface area contributed by atoms with Crippen LogP contribution in [-0.4, -0.2) is 84.2 Å². The number of hydrogen-bond donors (Lipinski definition) is 1. The summed E-state index contributed by atoms with van der Waals surface area (Å²) in [4.78, 5) is 40.6. The smallest absolute Gasteiger partial charge is 0.283 e. The molecule has 0 aromatic heterocycles. The Bertz CT molecular complexity index is 820. The summed E-state index contributed by atoms with van der Waals surface area (Å²) in [6.45, 7) is 3.92. The van der Waals surface area contributed by atoms with Crippen molar-refractivity contribution in [2.75, 3.05) is 57.4 Å². The van der Waals surface area contributed by atoms with E-state index < -0.39 is 16.7 Å². The zero-order valence-electron chi connectivity index (χ0n) is 15.6. The van der Waals surface area contributed by atoms with Crippen LogP contribution in [0.3, 0.4) is 0 Å². The molecule has 2 amide bonds. The highest BCUT2D eigenvalue weighted by Crippen LogP contribution is 2.32. The van der Waals surface area contributed by atoms with E-state index in [-0.39, 0.29) is 28.7 Å². The van der Waals surface area contributed by atoms with Crippen LogP contribution >= 0.6 is 11.6 Å². The molecule has 1 aromatic rings. The van der Waals surface area contributed by atoms with Gasteiger partial charge < -0.3 is 14.7 Å². The van der Waals surface area contributed by atoms with Crippen LogP contribution < -0.4 is 4.90 Å². The summed E-state index contributed by atoms with van der Waals surface area (Å²) in [7, 11) is 0. The predicted molar refractivity (Wildman–Crippen MR) is 104 cm³/mol. The molecule has 1 aromatic carbocycles. The number of carbonyl (C=O) groups excluding carboxylic acids is 2. The number of aliphatic hydroxyl groups excluding tert-OH is 1. The van der Waals surface area contributed by atoms with Gasteiger partial charge in [0.25, 0.3) is 17.5 Å². The van der Waals surface area contributed by atoms with Gasteiger partial charge in [-0.2, -0.15) is 0 Å². The molecule has 10 nitrogen and oxygen atoms in total. The molecular formula is C18H21ClN4O6. The molecule has 0 atom stereocenters. The van der Waals surface area contributed by atoms with Crippen LogP contribution in [0.15, 0.2) is 35.0 Å². The van der Waals surface area contributed by atoms with E-state index in [2.05, 4.69) is 4.90 Å². The van der Waals surface area contributed by atoms with Crippen molar-refractivity contribution in [2.24, 2.45) is 0 Å². The average Bonchev–Trinajstić information content (AvgIpc) is 2.94. The molecule has 2 aliphatic heterocycles. The van der Waals surface area contributed by atoms with Crippen LogP contribution in [0.25, 0.3) is 0 Å². The van der Waals surface area contributed by atoms with Gasteiger partial charge in [-0.1, -0.05) is 11.6 Å². The Morgan fingerprint density at radius 3 is 2.31 bits per heavy atom. The van der Waals surface area contributed by atoms with E-state index in [1.807, 2.05) is 0 Å². The molecule has 29 heavy (non-hydrogen) atoms. The van der Waals surface area contributed by atoms with Crippen molar-refractivity contribution in [1.82, 2.24) is 9.80 Å². The first kappa shape index (κ1) is 21.2. The monoisotopic (exact) mass is 424 g/mol. The van der Waals surface area contributed by atoms with Crippen LogP contribution in [-0.2, 0) is 14.3 Å². The van der Waals surface area contributed by atoms with Crippen molar-refractivity contribution in [3.05, 3.63) is 45.1 Å². The van der Waals surface area contributed by atoms with Gasteiger partial charge in [-0.25, -0.2) is 4.90 Å². The fourth-order valence-corrected chi connectivity index (χ4v) is 3.56. The van der Waals surface area contributed by atoms with Gasteiger partial charge >= 0.3 is 0 Å². The first-order valence-corrected chi connectivity index (χ1v) is 9.50. The molecule has 0 saturated carbocycles. The van der Waals surface area contributed by atoms with E-state index in [1.54, 1.807) is 4.90 Å². The molecule has 0 unspecified atom stereocenters. The lowest BCUT2D eigenvalue weighted by Gasteiger charge is -2.36. The topological polar surface area (TPSA) is 116 Å². The van der Waals surface area contributed by atoms with Crippen LogP contribution in [0.4, 0.5) is 11.4 Å². The van der Waals surface area contributed by atoms with Crippen LogP contribution in [0.2, 0.25) is 0 Å². The Morgan fingerprint density at radius 2 is 1.72 bits per heavy atom. The number of carbonyl (C=O) groups is 2. The standard InChI is InChI=1S/C18H21ClN4O6/c19-15-16(21-7-5-20(6-8-21)9-11-29-12-10-24)18(26)22(17(15)25)13-1-3-14(4-2-13)23(27)28/h1-4,24H,5-12H2. The number of ether oxygens (including phenoxy) is 1. The number of nitrogens with zero attached hydrogens (tertiary/aromatic N) is 4. The molecule has 0 bridgehead atoms. The molecule has 2 heterocycles. The number of benzene rings is 1. The van der Waals surface area contributed by atoms with Crippen molar-refractivity contribution in [2.45, 2.75) is 0 Å². The van der Waals surface area contributed by atoms with E-state index in [0.29, 0.717) is 45.9 Å². The van der Waals surface area contributed by atoms with Crippen LogP contribution in [0, 0.1) is 10.1 Å². The van der Waals surface area contributed by atoms with E-state index >= 15 is 0 Å². The minimum Gasteiger partial charge on any atom is -0.394 e. The highest BCUT2D eigenvalue weighted by atomic mass is 35.5. The highest BCUT2D eigenvalue weighted by Gasteiger charge is 2.42. The molecule has 0 spiro atoms. The Labute approximate surface area is 172 Å². The van der Waals surface area contributed by atoms with Gasteiger partial charge in [0.1, 0.15) is 10.7 Å². The van der Waals surface area contributed by atoms with Crippen LogP contribution in [0.5, 0.6) is 0 Å². The maximum Gasteiger partial charge on any atom is 0.283 e. The summed E-state index contributed by atoms with van der Waals surface area (Å²) in [5.41, 5.74) is 0.260. The molecular weight excluding hydrogens is 404 g/mol. The van der Waals surface area contributed by atoms with Gasteiger partial charge in [-0.3, -0.25) is 24.6 Å². The largest absolute Gasteiger partial charge is 0.394 e. The van der Waals surface area contributed by atoms with Crippen molar-refractivity contribution >= 4 is 34.8 Å². The van der Waals surface area contributed by atoms with Gasteiger partial charge in [0.15, 0.2) is 0 Å². The third-order valence-corrected chi connectivity index (χ3v) is 5.14. The summed E-state index contributed by atoms with van der Waals surface area (Å²) in [6, 6.07) is 5.18. The zero-order valence-corrected chi connectivity index (χ0v) is 16.4. The number of imide groups is 1. The van der Waals surface area contributed by atoms with Crippen molar-refractivity contribution < 1.29 is 24.4 Å². The van der Waals surface area contributed by atoms with E-state index in [0.717, 1.165) is 4.90 Å². The first-order chi connectivity index (χ1) is 13.9. The van der Waals surface area contributed by atoms with Crippen molar-refractivity contribution in [1.29, 1.82) is 0 Å².